The number of likely N-dealkylation sites (tertiary alicyclic amines) is 1. The molecular weight excluding hydrogens is 406 g/mol. The molecule has 2 aliphatic rings. The number of fused-ring (bicyclic) bond motifs is 1. The standard InChI is InChI=1S/C25H35N3O4/c1-6-7-17-10-11-18-21(20(17)23(30)26-5)25(32)28(16(4)13-29)22(18)24(31)27-19-12-14(2)8-9-15(19)3/h8-12,16-18,20-22,29H,6-7,13H2,1-5H3,(H,26,30)(H,27,31)/t16-,17-,18+,20-,21-,22+/m1/s1. The van der Waals surface area contributed by atoms with Crippen molar-refractivity contribution in [3.8, 4) is 0 Å². The van der Waals surface area contributed by atoms with E-state index in [9.17, 15) is 19.5 Å². The number of allylic oxidation sites excluding steroid dienone is 1. The van der Waals surface area contributed by atoms with Crippen molar-refractivity contribution in [2.24, 2.45) is 23.7 Å². The van der Waals surface area contributed by atoms with E-state index in [1.807, 2.05) is 44.2 Å². The van der Waals surface area contributed by atoms with E-state index in [2.05, 4.69) is 17.6 Å². The van der Waals surface area contributed by atoms with Gasteiger partial charge in [-0.2, -0.15) is 0 Å². The van der Waals surface area contributed by atoms with Crippen LogP contribution in [0.1, 0.15) is 37.8 Å². The lowest BCUT2D eigenvalue weighted by Gasteiger charge is -2.34. The molecule has 1 aromatic rings. The molecule has 1 saturated heterocycles. The molecule has 0 bridgehead atoms. The summed E-state index contributed by atoms with van der Waals surface area (Å²) in [6, 6.07) is 4.50. The van der Waals surface area contributed by atoms with Gasteiger partial charge in [0.15, 0.2) is 0 Å². The molecule has 1 heterocycles. The second-order valence-electron chi connectivity index (χ2n) is 9.11. The molecule has 1 fully saturated rings. The zero-order valence-corrected chi connectivity index (χ0v) is 19.6. The molecule has 6 atom stereocenters. The summed E-state index contributed by atoms with van der Waals surface area (Å²) in [7, 11) is 1.58. The highest BCUT2D eigenvalue weighted by Gasteiger charge is 2.57. The minimum absolute atomic E-state index is 0.0581. The van der Waals surface area contributed by atoms with Crippen LogP contribution >= 0.6 is 0 Å². The topological polar surface area (TPSA) is 98.7 Å². The third-order valence-corrected chi connectivity index (χ3v) is 6.88. The summed E-state index contributed by atoms with van der Waals surface area (Å²) in [6.45, 7) is 7.40. The molecule has 0 unspecified atom stereocenters. The molecule has 3 rings (SSSR count). The summed E-state index contributed by atoms with van der Waals surface area (Å²) in [5, 5.41) is 15.6. The van der Waals surface area contributed by atoms with Gasteiger partial charge in [0.1, 0.15) is 6.04 Å². The Morgan fingerprint density at radius 3 is 2.53 bits per heavy atom. The van der Waals surface area contributed by atoms with Gasteiger partial charge < -0.3 is 20.6 Å². The third kappa shape index (κ3) is 4.31. The van der Waals surface area contributed by atoms with Gasteiger partial charge in [-0.3, -0.25) is 14.4 Å². The number of benzene rings is 1. The van der Waals surface area contributed by atoms with Crippen molar-refractivity contribution >= 4 is 23.4 Å². The Bertz CT molecular complexity index is 912. The first-order valence-corrected chi connectivity index (χ1v) is 11.5. The Morgan fingerprint density at radius 2 is 1.91 bits per heavy atom. The maximum absolute atomic E-state index is 13.6. The highest BCUT2D eigenvalue weighted by molar-refractivity contribution is 6.02. The first kappa shape index (κ1) is 24.0. The summed E-state index contributed by atoms with van der Waals surface area (Å²) >= 11 is 0. The number of aliphatic hydroxyl groups is 1. The van der Waals surface area contributed by atoms with Crippen LogP contribution in [0.5, 0.6) is 0 Å². The Morgan fingerprint density at radius 1 is 1.19 bits per heavy atom. The van der Waals surface area contributed by atoms with E-state index in [-0.39, 0.29) is 30.2 Å². The molecule has 0 aromatic heterocycles. The normalized spacial score (nSPS) is 27.8. The van der Waals surface area contributed by atoms with Gasteiger partial charge >= 0.3 is 0 Å². The number of hydrogen-bond acceptors (Lipinski definition) is 4. The van der Waals surface area contributed by atoms with Crippen molar-refractivity contribution in [2.45, 2.75) is 52.6 Å². The van der Waals surface area contributed by atoms with E-state index in [1.54, 1.807) is 14.0 Å². The van der Waals surface area contributed by atoms with Crippen LogP contribution < -0.4 is 10.6 Å². The summed E-state index contributed by atoms with van der Waals surface area (Å²) in [5.41, 5.74) is 2.65. The average molecular weight is 442 g/mol. The number of anilines is 1. The largest absolute Gasteiger partial charge is 0.394 e. The van der Waals surface area contributed by atoms with E-state index in [1.165, 1.54) is 4.90 Å². The van der Waals surface area contributed by atoms with Crippen LogP contribution in [0.15, 0.2) is 30.4 Å². The third-order valence-electron chi connectivity index (χ3n) is 6.88. The van der Waals surface area contributed by atoms with E-state index < -0.39 is 29.8 Å². The van der Waals surface area contributed by atoms with Gasteiger partial charge in [-0.25, -0.2) is 0 Å². The van der Waals surface area contributed by atoms with Gasteiger partial charge in [0.05, 0.1) is 24.5 Å². The van der Waals surface area contributed by atoms with Crippen LogP contribution in [0, 0.1) is 37.5 Å². The predicted octanol–water partition coefficient (Wildman–Crippen LogP) is 2.41. The van der Waals surface area contributed by atoms with Crippen molar-refractivity contribution < 1.29 is 19.5 Å². The smallest absolute Gasteiger partial charge is 0.247 e. The molecule has 1 aliphatic carbocycles. The summed E-state index contributed by atoms with van der Waals surface area (Å²) in [5.74, 6) is -2.36. The van der Waals surface area contributed by atoms with Crippen LogP contribution in [-0.2, 0) is 14.4 Å². The average Bonchev–Trinajstić information content (AvgIpc) is 3.07. The molecule has 1 aliphatic heterocycles. The fourth-order valence-corrected chi connectivity index (χ4v) is 5.22. The van der Waals surface area contributed by atoms with Gasteiger partial charge in [0.2, 0.25) is 17.7 Å². The van der Waals surface area contributed by atoms with Gasteiger partial charge in [-0.15, -0.1) is 0 Å². The number of nitrogens with zero attached hydrogens (tertiary/aromatic N) is 1. The highest BCUT2D eigenvalue weighted by atomic mass is 16.3. The maximum atomic E-state index is 13.6. The molecule has 0 saturated carbocycles. The van der Waals surface area contributed by atoms with Gasteiger partial charge in [0.25, 0.3) is 0 Å². The van der Waals surface area contributed by atoms with E-state index in [0.717, 1.165) is 24.0 Å². The molecule has 3 amide bonds. The Labute approximate surface area is 190 Å². The number of hydrogen-bond donors (Lipinski definition) is 3. The number of aliphatic hydroxyl groups excluding tert-OH is 1. The van der Waals surface area contributed by atoms with Crippen LogP contribution in [0.4, 0.5) is 5.69 Å². The molecule has 7 heteroatoms. The fraction of sp³-hybridized carbons (Fsp3) is 0.560. The zero-order chi connectivity index (χ0) is 23.6. The molecule has 32 heavy (non-hydrogen) atoms. The molecular formula is C25H35N3O4. The number of amides is 3. The minimum atomic E-state index is -0.791. The SMILES string of the molecule is CCC[C@@H]1C=C[C@H]2[C@@H](C(=O)N([C@H](C)CO)[C@@H]2C(=O)Nc2cc(C)ccc2C)[C@@H]1C(=O)NC. The number of carbonyl (C=O) groups excluding carboxylic acids is 3. The fourth-order valence-electron chi connectivity index (χ4n) is 5.22. The number of nitrogens with one attached hydrogen (secondary N) is 2. The van der Waals surface area contributed by atoms with Crippen molar-refractivity contribution in [3.05, 3.63) is 41.5 Å². The first-order valence-electron chi connectivity index (χ1n) is 11.5. The Balaban J connectivity index is 2.02. The highest BCUT2D eigenvalue weighted by Crippen LogP contribution is 2.46. The molecule has 7 nitrogen and oxygen atoms in total. The molecule has 3 N–H and O–H groups in total. The van der Waals surface area contributed by atoms with E-state index in [4.69, 9.17) is 0 Å². The second kappa shape index (κ2) is 9.86. The van der Waals surface area contributed by atoms with E-state index in [0.29, 0.717) is 5.69 Å². The first-order chi connectivity index (χ1) is 15.2. The quantitative estimate of drug-likeness (QED) is 0.566. The second-order valence-corrected chi connectivity index (χ2v) is 9.11. The molecule has 0 radical (unpaired) electrons. The van der Waals surface area contributed by atoms with Gasteiger partial charge in [-0.05, 0) is 50.3 Å². The van der Waals surface area contributed by atoms with Crippen LogP contribution in [0.3, 0.4) is 0 Å². The lowest BCUT2D eigenvalue weighted by Crippen LogP contribution is -2.49. The molecule has 0 spiro atoms. The lowest BCUT2D eigenvalue weighted by atomic mass is 9.68. The molecule has 174 valence electrons. The van der Waals surface area contributed by atoms with Crippen LogP contribution in [0.2, 0.25) is 0 Å². The van der Waals surface area contributed by atoms with E-state index >= 15 is 0 Å². The maximum Gasteiger partial charge on any atom is 0.247 e. The summed E-state index contributed by atoms with van der Waals surface area (Å²) in [6.07, 6.45) is 5.63. The Hall–Kier alpha value is -2.67. The van der Waals surface area contributed by atoms with Crippen LogP contribution in [0.25, 0.3) is 0 Å². The van der Waals surface area contributed by atoms with Crippen molar-refractivity contribution in [2.75, 3.05) is 19.0 Å². The summed E-state index contributed by atoms with van der Waals surface area (Å²) < 4.78 is 0. The monoisotopic (exact) mass is 441 g/mol. The zero-order valence-electron chi connectivity index (χ0n) is 19.6. The van der Waals surface area contributed by atoms with Crippen molar-refractivity contribution in [3.63, 3.8) is 0 Å². The van der Waals surface area contributed by atoms with Gasteiger partial charge in [-0.1, -0.05) is 37.6 Å². The number of carbonyl (C=O) groups is 3. The van der Waals surface area contributed by atoms with Crippen LogP contribution in [-0.4, -0.2) is 53.5 Å². The number of rotatable bonds is 7. The minimum Gasteiger partial charge on any atom is -0.394 e. The lowest BCUT2D eigenvalue weighted by molar-refractivity contribution is -0.142. The van der Waals surface area contributed by atoms with Crippen molar-refractivity contribution in [1.29, 1.82) is 0 Å². The Kier molecular flexibility index (Phi) is 7.39. The predicted molar refractivity (Wildman–Crippen MR) is 124 cm³/mol. The number of aryl methyl sites for hydroxylation is 2. The van der Waals surface area contributed by atoms with Crippen molar-refractivity contribution in [1.82, 2.24) is 10.2 Å². The van der Waals surface area contributed by atoms with Gasteiger partial charge in [0, 0.05) is 18.7 Å². The molecule has 1 aromatic carbocycles. The summed E-state index contributed by atoms with van der Waals surface area (Å²) in [4.78, 5) is 41.5.